The second kappa shape index (κ2) is 5.71. The van der Waals surface area contributed by atoms with Crippen molar-refractivity contribution in [2.75, 3.05) is 0 Å². The molecule has 0 spiro atoms. The lowest BCUT2D eigenvalue weighted by atomic mass is 10.1. The molecule has 5 nitrogen and oxygen atoms in total. The van der Waals surface area contributed by atoms with Gasteiger partial charge in [0.25, 0.3) is 0 Å². The Balaban J connectivity index is 2.04. The molecule has 1 N–H and O–H groups in total. The number of nitrogens with zero attached hydrogens (tertiary/aromatic N) is 4. The van der Waals surface area contributed by atoms with Gasteiger partial charge in [0.15, 0.2) is 5.82 Å². The van der Waals surface area contributed by atoms with Crippen molar-refractivity contribution in [2.45, 2.75) is 13.8 Å². The van der Waals surface area contributed by atoms with E-state index in [0.29, 0.717) is 10.6 Å². The van der Waals surface area contributed by atoms with Gasteiger partial charge in [-0.2, -0.15) is 14.9 Å². The third-order valence-electron chi connectivity index (χ3n) is 2.98. The van der Waals surface area contributed by atoms with Gasteiger partial charge in [0.1, 0.15) is 0 Å². The Hall–Kier alpha value is -2.12. The summed E-state index contributed by atoms with van der Waals surface area (Å²) in [6.45, 7) is 4.00. The minimum Gasteiger partial charge on any atom is -0.250 e. The first kappa shape index (κ1) is 13.8. The fraction of sp³-hybridized carbons (Fsp3) is 0.143. The molecular weight excluding hydrogens is 302 g/mol. The van der Waals surface area contributed by atoms with Crippen LogP contribution in [-0.2, 0) is 0 Å². The Morgan fingerprint density at radius 3 is 2.86 bits per heavy atom. The molecule has 0 fully saturated rings. The van der Waals surface area contributed by atoms with E-state index in [1.165, 1.54) is 0 Å². The fourth-order valence-electron chi connectivity index (χ4n) is 1.95. The summed E-state index contributed by atoms with van der Waals surface area (Å²) in [4.78, 5) is 4.35. The molecule has 21 heavy (non-hydrogen) atoms. The lowest BCUT2D eigenvalue weighted by molar-refractivity contribution is 0.870. The van der Waals surface area contributed by atoms with E-state index >= 15 is 0 Å². The van der Waals surface area contributed by atoms with Crippen LogP contribution in [0.4, 0.5) is 0 Å². The fourth-order valence-corrected chi connectivity index (χ4v) is 2.70. The van der Waals surface area contributed by atoms with Crippen molar-refractivity contribution in [3.8, 4) is 11.4 Å². The van der Waals surface area contributed by atoms with Crippen LogP contribution in [0.1, 0.15) is 16.3 Å². The van der Waals surface area contributed by atoms with Gasteiger partial charge in [0.05, 0.1) is 16.9 Å². The van der Waals surface area contributed by atoms with Gasteiger partial charge in [-0.3, -0.25) is 0 Å². The zero-order valence-corrected chi connectivity index (χ0v) is 13.2. The molecule has 106 valence electrons. The van der Waals surface area contributed by atoms with Gasteiger partial charge in [-0.1, -0.05) is 24.3 Å². The highest BCUT2D eigenvalue weighted by atomic mass is 32.1. The Morgan fingerprint density at radius 1 is 1.33 bits per heavy atom. The number of aromatic amines is 1. The van der Waals surface area contributed by atoms with Gasteiger partial charge in [-0.05, 0) is 31.6 Å². The molecule has 0 unspecified atom stereocenters. The number of aromatic nitrogens is 4. The molecule has 2 aromatic heterocycles. The molecule has 2 heterocycles. The first-order valence-corrected chi connectivity index (χ1v) is 7.64. The van der Waals surface area contributed by atoms with E-state index in [0.717, 1.165) is 21.8 Å². The monoisotopic (exact) mass is 315 g/mol. The van der Waals surface area contributed by atoms with Gasteiger partial charge in [-0.25, -0.2) is 10.1 Å². The van der Waals surface area contributed by atoms with Crippen LogP contribution >= 0.6 is 23.6 Å². The lowest BCUT2D eigenvalue weighted by Crippen LogP contribution is -1.96. The summed E-state index contributed by atoms with van der Waals surface area (Å²) in [5.41, 5.74) is 2.93. The molecule has 0 atom stereocenters. The quantitative estimate of drug-likeness (QED) is 0.594. The van der Waals surface area contributed by atoms with Crippen LogP contribution in [0, 0.1) is 18.6 Å². The molecule has 0 amide bonds. The van der Waals surface area contributed by atoms with Crippen LogP contribution < -0.4 is 0 Å². The number of benzene rings is 1. The lowest BCUT2D eigenvalue weighted by Gasteiger charge is -2.03. The van der Waals surface area contributed by atoms with Crippen LogP contribution in [0.15, 0.2) is 34.7 Å². The van der Waals surface area contributed by atoms with Gasteiger partial charge < -0.3 is 0 Å². The maximum absolute atomic E-state index is 5.25. The van der Waals surface area contributed by atoms with Gasteiger partial charge in [0, 0.05) is 10.9 Å². The average molecular weight is 315 g/mol. The Bertz CT molecular complexity index is 856. The molecular formula is C14H13N5S2. The molecule has 0 bridgehead atoms. The van der Waals surface area contributed by atoms with E-state index in [-0.39, 0.29) is 0 Å². The maximum Gasteiger partial charge on any atom is 0.216 e. The summed E-state index contributed by atoms with van der Waals surface area (Å²) < 4.78 is 2.07. The predicted octanol–water partition coefficient (Wildman–Crippen LogP) is 3.56. The van der Waals surface area contributed by atoms with Gasteiger partial charge >= 0.3 is 0 Å². The van der Waals surface area contributed by atoms with Gasteiger partial charge in [-0.15, -0.1) is 11.3 Å². The van der Waals surface area contributed by atoms with E-state index in [1.54, 1.807) is 22.2 Å². The Kier molecular flexibility index (Phi) is 3.76. The second-order valence-electron chi connectivity index (χ2n) is 4.52. The highest BCUT2D eigenvalue weighted by molar-refractivity contribution is 7.71. The first-order chi connectivity index (χ1) is 10.1. The number of thiazole rings is 1. The minimum absolute atomic E-state index is 0.455. The molecule has 7 heteroatoms. The van der Waals surface area contributed by atoms with Crippen molar-refractivity contribution < 1.29 is 0 Å². The van der Waals surface area contributed by atoms with E-state index < -0.39 is 0 Å². The summed E-state index contributed by atoms with van der Waals surface area (Å²) in [6, 6.07) is 7.99. The molecule has 0 radical (unpaired) electrons. The normalized spacial score (nSPS) is 11.3. The van der Waals surface area contributed by atoms with Crippen LogP contribution in [0.3, 0.4) is 0 Å². The molecule has 0 saturated heterocycles. The third kappa shape index (κ3) is 2.84. The standard InChI is InChI=1S/C14H13N5S2/c1-9-5-3-4-6-12(9)13-17-18-14(20)19(13)15-7-11-8-21-10(2)16-11/h3-8H,1-2H3,(H,18,20). The number of hydrogen-bond acceptors (Lipinski definition) is 5. The smallest absolute Gasteiger partial charge is 0.216 e. The number of hydrogen-bond donors (Lipinski definition) is 1. The van der Waals surface area contributed by atoms with Crippen molar-refractivity contribution >= 4 is 29.8 Å². The van der Waals surface area contributed by atoms with Crippen LogP contribution in [0.2, 0.25) is 0 Å². The van der Waals surface area contributed by atoms with E-state index in [4.69, 9.17) is 12.2 Å². The highest BCUT2D eigenvalue weighted by Crippen LogP contribution is 2.21. The van der Waals surface area contributed by atoms with Crippen LogP contribution in [0.5, 0.6) is 0 Å². The van der Waals surface area contributed by atoms with E-state index in [2.05, 4.69) is 20.3 Å². The van der Waals surface area contributed by atoms with Crippen LogP contribution in [0.25, 0.3) is 11.4 Å². The number of aryl methyl sites for hydroxylation is 2. The zero-order chi connectivity index (χ0) is 14.8. The molecule has 0 aliphatic heterocycles. The molecule has 1 aromatic carbocycles. The summed E-state index contributed by atoms with van der Waals surface area (Å²) >= 11 is 6.84. The van der Waals surface area contributed by atoms with E-state index in [1.807, 2.05) is 43.5 Å². The molecule has 0 aliphatic carbocycles. The van der Waals surface area contributed by atoms with Crippen molar-refractivity contribution in [1.29, 1.82) is 0 Å². The second-order valence-corrected chi connectivity index (χ2v) is 5.96. The Labute approximate surface area is 131 Å². The van der Waals surface area contributed by atoms with E-state index in [9.17, 15) is 0 Å². The molecule has 3 rings (SSSR count). The summed E-state index contributed by atoms with van der Waals surface area (Å²) in [5, 5.41) is 14.4. The van der Waals surface area contributed by atoms with Crippen molar-refractivity contribution in [3.05, 3.63) is 50.7 Å². The molecule has 0 saturated carbocycles. The first-order valence-electron chi connectivity index (χ1n) is 6.35. The number of nitrogens with one attached hydrogen (secondary N) is 1. The molecule has 0 aliphatic rings. The zero-order valence-electron chi connectivity index (χ0n) is 11.6. The summed E-state index contributed by atoms with van der Waals surface area (Å²) in [7, 11) is 0. The predicted molar refractivity (Wildman–Crippen MR) is 87.4 cm³/mol. The molecule has 3 aromatic rings. The van der Waals surface area contributed by atoms with Crippen molar-refractivity contribution in [2.24, 2.45) is 5.10 Å². The third-order valence-corrected chi connectivity index (χ3v) is 4.03. The number of rotatable bonds is 3. The van der Waals surface area contributed by atoms with Crippen LogP contribution in [-0.4, -0.2) is 26.1 Å². The maximum atomic E-state index is 5.25. The van der Waals surface area contributed by atoms with Gasteiger partial charge in [0.2, 0.25) is 4.77 Å². The van der Waals surface area contributed by atoms with Crippen molar-refractivity contribution in [3.63, 3.8) is 0 Å². The minimum atomic E-state index is 0.455. The Morgan fingerprint density at radius 2 is 2.14 bits per heavy atom. The average Bonchev–Trinajstić information content (AvgIpc) is 3.04. The topological polar surface area (TPSA) is 58.9 Å². The number of H-pyrrole nitrogens is 1. The summed E-state index contributed by atoms with van der Waals surface area (Å²) in [6.07, 6.45) is 1.69. The summed E-state index contributed by atoms with van der Waals surface area (Å²) in [5.74, 6) is 0.696. The largest absolute Gasteiger partial charge is 0.250 e. The van der Waals surface area contributed by atoms with Crippen molar-refractivity contribution in [1.82, 2.24) is 19.9 Å². The SMILES string of the molecule is Cc1nc(C=Nn2c(-c3ccccc3C)n[nH]c2=S)cs1. The highest BCUT2D eigenvalue weighted by Gasteiger charge is 2.10.